The smallest absolute Gasteiger partial charge is 0.191 e. The highest BCUT2D eigenvalue weighted by Crippen LogP contribution is 2.21. The average molecular weight is 370 g/mol. The minimum absolute atomic E-state index is 0.00792. The largest absolute Gasteiger partial charge is 0.491 e. The Morgan fingerprint density at radius 1 is 1.00 bits per heavy atom. The van der Waals surface area contributed by atoms with Gasteiger partial charge in [0, 0.05) is 32.7 Å². The zero-order chi connectivity index (χ0) is 19.5. The molecule has 0 amide bonds. The standard InChI is InChI=1S/C22H31N3O2/c1-22(2,19-10-6-5-7-11-19)17-25-21(23-3)24-16-18-9-8-12-20(15-18)27-14-13-26-4/h5-12,15H,13-14,16-17H2,1-4H3,(H2,23,24,25). The molecule has 0 fully saturated rings. The fourth-order valence-corrected chi connectivity index (χ4v) is 2.69. The van der Waals surface area contributed by atoms with E-state index < -0.39 is 0 Å². The molecule has 0 aliphatic heterocycles. The van der Waals surface area contributed by atoms with Crippen LogP contribution in [0.15, 0.2) is 59.6 Å². The van der Waals surface area contributed by atoms with Gasteiger partial charge in [0.15, 0.2) is 5.96 Å². The molecule has 2 rings (SSSR count). The van der Waals surface area contributed by atoms with E-state index in [4.69, 9.17) is 9.47 Å². The summed E-state index contributed by atoms with van der Waals surface area (Å²) in [7, 11) is 3.45. The lowest BCUT2D eigenvalue weighted by atomic mass is 9.85. The highest BCUT2D eigenvalue weighted by Gasteiger charge is 2.20. The van der Waals surface area contributed by atoms with Crippen LogP contribution in [0.3, 0.4) is 0 Å². The van der Waals surface area contributed by atoms with Gasteiger partial charge in [-0.3, -0.25) is 4.99 Å². The molecular weight excluding hydrogens is 338 g/mol. The molecule has 0 saturated heterocycles. The SMILES string of the molecule is CN=C(NCc1cccc(OCCOC)c1)NCC(C)(C)c1ccccc1. The fourth-order valence-electron chi connectivity index (χ4n) is 2.69. The highest BCUT2D eigenvalue weighted by molar-refractivity contribution is 5.79. The van der Waals surface area contributed by atoms with E-state index in [1.807, 2.05) is 24.3 Å². The van der Waals surface area contributed by atoms with Crippen molar-refractivity contribution in [2.75, 3.05) is 33.9 Å². The molecule has 146 valence electrons. The van der Waals surface area contributed by atoms with E-state index in [9.17, 15) is 0 Å². The number of nitrogens with one attached hydrogen (secondary N) is 2. The maximum absolute atomic E-state index is 5.66. The van der Waals surface area contributed by atoms with Crippen LogP contribution in [0.25, 0.3) is 0 Å². The third kappa shape index (κ3) is 6.94. The molecule has 0 atom stereocenters. The lowest BCUT2D eigenvalue weighted by Gasteiger charge is -2.26. The number of methoxy groups -OCH3 is 1. The molecule has 0 aromatic heterocycles. The first kappa shape index (κ1) is 20.8. The van der Waals surface area contributed by atoms with E-state index in [2.05, 4.69) is 59.8 Å². The Morgan fingerprint density at radius 3 is 2.48 bits per heavy atom. The van der Waals surface area contributed by atoms with Crippen LogP contribution in [0.1, 0.15) is 25.0 Å². The van der Waals surface area contributed by atoms with Gasteiger partial charge in [-0.1, -0.05) is 56.3 Å². The second kappa shape index (κ2) is 10.6. The maximum Gasteiger partial charge on any atom is 0.191 e. The van der Waals surface area contributed by atoms with E-state index in [1.165, 1.54) is 5.56 Å². The Balaban J connectivity index is 1.86. The molecule has 0 spiro atoms. The van der Waals surface area contributed by atoms with Crippen molar-refractivity contribution in [3.8, 4) is 5.75 Å². The number of ether oxygens (including phenoxy) is 2. The average Bonchev–Trinajstić information content (AvgIpc) is 2.69. The summed E-state index contributed by atoms with van der Waals surface area (Å²) in [6.45, 7) is 7.04. The maximum atomic E-state index is 5.66. The molecule has 0 heterocycles. The second-order valence-electron chi connectivity index (χ2n) is 7.02. The zero-order valence-electron chi connectivity index (χ0n) is 16.8. The first-order valence-corrected chi connectivity index (χ1v) is 9.26. The summed E-state index contributed by atoms with van der Waals surface area (Å²) in [6, 6.07) is 18.6. The predicted octanol–water partition coefficient (Wildman–Crippen LogP) is 3.35. The zero-order valence-corrected chi connectivity index (χ0v) is 16.8. The van der Waals surface area contributed by atoms with Gasteiger partial charge < -0.3 is 20.1 Å². The van der Waals surface area contributed by atoms with Crippen molar-refractivity contribution in [1.82, 2.24) is 10.6 Å². The topological polar surface area (TPSA) is 54.9 Å². The van der Waals surface area contributed by atoms with Crippen LogP contribution in [0.2, 0.25) is 0 Å². The highest BCUT2D eigenvalue weighted by atomic mass is 16.5. The van der Waals surface area contributed by atoms with Crippen molar-refractivity contribution in [1.29, 1.82) is 0 Å². The summed E-state index contributed by atoms with van der Waals surface area (Å²) in [4.78, 5) is 4.33. The summed E-state index contributed by atoms with van der Waals surface area (Å²) in [5, 5.41) is 6.79. The van der Waals surface area contributed by atoms with Crippen LogP contribution in [0, 0.1) is 0 Å². The van der Waals surface area contributed by atoms with Gasteiger partial charge in [-0.05, 0) is 23.3 Å². The minimum Gasteiger partial charge on any atom is -0.491 e. The molecule has 0 saturated carbocycles. The van der Waals surface area contributed by atoms with Gasteiger partial charge in [0.05, 0.1) is 6.61 Å². The second-order valence-corrected chi connectivity index (χ2v) is 7.02. The quantitative estimate of drug-likeness (QED) is 0.404. The molecule has 5 heteroatoms. The van der Waals surface area contributed by atoms with Gasteiger partial charge in [0.1, 0.15) is 12.4 Å². The summed E-state index contributed by atoms with van der Waals surface area (Å²) in [5.74, 6) is 1.63. The Morgan fingerprint density at radius 2 is 1.78 bits per heavy atom. The first-order chi connectivity index (χ1) is 13.0. The molecule has 27 heavy (non-hydrogen) atoms. The number of nitrogens with zero attached hydrogens (tertiary/aromatic N) is 1. The van der Waals surface area contributed by atoms with E-state index in [-0.39, 0.29) is 5.41 Å². The van der Waals surface area contributed by atoms with Crippen molar-refractivity contribution < 1.29 is 9.47 Å². The minimum atomic E-state index is 0.00792. The summed E-state index contributed by atoms with van der Waals surface area (Å²) >= 11 is 0. The Labute approximate surface area is 162 Å². The number of hydrogen-bond acceptors (Lipinski definition) is 3. The number of rotatable bonds is 9. The normalized spacial score (nSPS) is 11.9. The van der Waals surface area contributed by atoms with E-state index >= 15 is 0 Å². The van der Waals surface area contributed by atoms with Crippen LogP contribution in [0.4, 0.5) is 0 Å². The van der Waals surface area contributed by atoms with Crippen LogP contribution < -0.4 is 15.4 Å². The number of hydrogen-bond donors (Lipinski definition) is 2. The van der Waals surface area contributed by atoms with E-state index in [0.29, 0.717) is 19.8 Å². The van der Waals surface area contributed by atoms with Gasteiger partial charge in [0.25, 0.3) is 0 Å². The van der Waals surface area contributed by atoms with E-state index in [0.717, 1.165) is 23.8 Å². The molecule has 2 N–H and O–H groups in total. The van der Waals surface area contributed by atoms with Gasteiger partial charge in [-0.2, -0.15) is 0 Å². The number of aliphatic imine (C=N–C) groups is 1. The molecule has 2 aromatic carbocycles. The van der Waals surface area contributed by atoms with Crippen molar-refractivity contribution in [2.45, 2.75) is 25.8 Å². The fraction of sp³-hybridized carbons (Fsp3) is 0.409. The van der Waals surface area contributed by atoms with Crippen LogP contribution in [0.5, 0.6) is 5.75 Å². The third-order valence-electron chi connectivity index (χ3n) is 4.39. The number of benzene rings is 2. The van der Waals surface area contributed by atoms with Gasteiger partial charge in [0.2, 0.25) is 0 Å². The van der Waals surface area contributed by atoms with Crippen molar-refractivity contribution in [3.63, 3.8) is 0 Å². The van der Waals surface area contributed by atoms with Crippen LogP contribution >= 0.6 is 0 Å². The molecule has 0 unspecified atom stereocenters. The molecule has 5 nitrogen and oxygen atoms in total. The third-order valence-corrected chi connectivity index (χ3v) is 4.39. The molecule has 0 aliphatic carbocycles. The molecule has 0 aliphatic rings. The Kier molecular flexibility index (Phi) is 8.14. The van der Waals surface area contributed by atoms with Crippen LogP contribution in [-0.2, 0) is 16.7 Å². The number of guanidine groups is 1. The summed E-state index contributed by atoms with van der Waals surface area (Å²) < 4.78 is 10.7. The van der Waals surface area contributed by atoms with Crippen molar-refractivity contribution >= 4 is 5.96 Å². The van der Waals surface area contributed by atoms with Gasteiger partial charge in [-0.15, -0.1) is 0 Å². The first-order valence-electron chi connectivity index (χ1n) is 9.26. The monoisotopic (exact) mass is 369 g/mol. The summed E-state index contributed by atoms with van der Waals surface area (Å²) in [5.41, 5.74) is 2.44. The Bertz CT molecular complexity index is 715. The van der Waals surface area contributed by atoms with Gasteiger partial charge in [-0.25, -0.2) is 0 Å². The van der Waals surface area contributed by atoms with Crippen molar-refractivity contribution in [2.24, 2.45) is 4.99 Å². The Hall–Kier alpha value is -2.53. The summed E-state index contributed by atoms with van der Waals surface area (Å²) in [6.07, 6.45) is 0. The lowest BCUT2D eigenvalue weighted by Crippen LogP contribution is -2.43. The lowest BCUT2D eigenvalue weighted by molar-refractivity contribution is 0.146. The molecule has 2 aromatic rings. The van der Waals surface area contributed by atoms with E-state index in [1.54, 1.807) is 14.2 Å². The van der Waals surface area contributed by atoms with Crippen LogP contribution in [-0.4, -0.2) is 39.9 Å². The van der Waals surface area contributed by atoms with Crippen molar-refractivity contribution in [3.05, 3.63) is 65.7 Å². The molecule has 0 radical (unpaired) electrons. The molecule has 0 bridgehead atoms. The van der Waals surface area contributed by atoms with Gasteiger partial charge >= 0.3 is 0 Å². The molecular formula is C22H31N3O2. The predicted molar refractivity (Wildman–Crippen MR) is 111 cm³/mol.